The largest absolute Gasteiger partial charge is 0.352 e. The smallest absolute Gasteiger partial charge is 0.225 e. The summed E-state index contributed by atoms with van der Waals surface area (Å²) in [4.78, 5) is 12.5. The van der Waals surface area contributed by atoms with Crippen LogP contribution in [0.15, 0.2) is 30.6 Å². The van der Waals surface area contributed by atoms with Gasteiger partial charge in [0.2, 0.25) is 5.91 Å². The number of halogens is 1. The molecule has 1 fully saturated rings. The molecule has 0 spiro atoms. The number of nitrogens with zero attached hydrogens (tertiary/aromatic N) is 2. The Morgan fingerprint density at radius 3 is 3.00 bits per heavy atom. The van der Waals surface area contributed by atoms with Gasteiger partial charge in [-0.25, -0.2) is 4.39 Å². The Labute approximate surface area is 134 Å². The van der Waals surface area contributed by atoms with Gasteiger partial charge in [0.25, 0.3) is 0 Å². The van der Waals surface area contributed by atoms with E-state index >= 15 is 0 Å². The number of carbonyl (C=O) groups is 1. The highest BCUT2D eigenvalue weighted by molar-refractivity contribution is 5.80. The zero-order valence-electron chi connectivity index (χ0n) is 13.3. The van der Waals surface area contributed by atoms with Crippen LogP contribution < -0.4 is 10.6 Å². The molecule has 1 saturated heterocycles. The van der Waals surface area contributed by atoms with Gasteiger partial charge < -0.3 is 10.6 Å². The molecular weight excluding hydrogens is 295 g/mol. The highest BCUT2D eigenvalue weighted by Gasteiger charge is 2.34. The monoisotopic (exact) mass is 316 g/mol. The minimum Gasteiger partial charge on any atom is -0.352 e. The fourth-order valence-electron chi connectivity index (χ4n) is 3.00. The molecule has 0 aliphatic carbocycles. The van der Waals surface area contributed by atoms with Crippen LogP contribution in [0.1, 0.15) is 22.6 Å². The molecule has 2 atom stereocenters. The van der Waals surface area contributed by atoms with Crippen molar-refractivity contribution in [3.05, 3.63) is 53.1 Å². The van der Waals surface area contributed by atoms with Crippen molar-refractivity contribution in [3.8, 4) is 0 Å². The summed E-state index contributed by atoms with van der Waals surface area (Å²) in [6.07, 6.45) is 3.76. The number of carbonyl (C=O) groups excluding carboxylic acids is 1. The van der Waals surface area contributed by atoms with Gasteiger partial charge in [0.05, 0.1) is 12.1 Å². The first-order chi connectivity index (χ1) is 11.0. The molecule has 5 nitrogen and oxygen atoms in total. The van der Waals surface area contributed by atoms with Crippen LogP contribution in [0.5, 0.6) is 0 Å². The van der Waals surface area contributed by atoms with Crippen LogP contribution >= 0.6 is 0 Å². The maximum absolute atomic E-state index is 13.6. The lowest BCUT2D eigenvalue weighted by molar-refractivity contribution is -0.125. The minimum absolute atomic E-state index is 0.00941. The topological polar surface area (TPSA) is 59.0 Å². The number of aromatic nitrogens is 2. The van der Waals surface area contributed by atoms with Crippen molar-refractivity contribution in [2.75, 3.05) is 13.1 Å². The van der Waals surface area contributed by atoms with E-state index in [0.717, 1.165) is 17.7 Å². The van der Waals surface area contributed by atoms with E-state index in [4.69, 9.17) is 0 Å². The Balaban J connectivity index is 1.64. The molecule has 1 aromatic carbocycles. The average Bonchev–Trinajstić information content (AvgIpc) is 3.16. The summed E-state index contributed by atoms with van der Waals surface area (Å²) < 4.78 is 15.3. The van der Waals surface area contributed by atoms with Gasteiger partial charge in [-0.3, -0.25) is 9.48 Å². The van der Waals surface area contributed by atoms with Crippen molar-refractivity contribution in [2.45, 2.75) is 19.4 Å². The van der Waals surface area contributed by atoms with Crippen molar-refractivity contribution >= 4 is 5.91 Å². The van der Waals surface area contributed by atoms with Crippen LogP contribution in [0.25, 0.3) is 0 Å². The van der Waals surface area contributed by atoms with Crippen LogP contribution in [0.2, 0.25) is 0 Å². The van der Waals surface area contributed by atoms with E-state index < -0.39 is 0 Å². The first-order valence-corrected chi connectivity index (χ1v) is 7.76. The Morgan fingerprint density at radius 1 is 1.48 bits per heavy atom. The average molecular weight is 316 g/mol. The first kappa shape index (κ1) is 15.7. The zero-order valence-corrected chi connectivity index (χ0v) is 13.3. The molecule has 1 amide bonds. The lowest BCUT2D eigenvalue weighted by Crippen LogP contribution is -2.34. The van der Waals surface area contributed by atoms with Crippen molar-refractivity contribution in [3.63, 3.8) is 0 Å². The number of hydrogen-bond donors (Lipinski definition) is 2. The van der Waals surface area contributed by atoms with Gasteiger partial charge in [0.1, 0.15) is 5.82 Å². The van der Waals surface area contributed by atoms with Crippen LogP contribution in [0.3, 0.4) is 0 Å². The van der Waals surface area contributed by atoms with E-state index in [2.05, 4.69) is 15.7 Å². The molecule has 2 heterocycles. The second-order valence-corrected chi connectivity index (χ2v) is 6.12. The van der Waals surface area contributed by atoms with E-state index in [-0.39, 0.29) is 23.6 Å². The van der Waals surface area contributed by atoms with Crippen molar-refractivity contribution in [1.82, 2.24) is 20.4 Å². The predicted molar refractivity (Wildman–Crippen MR) is 85.3 cm³/mol. The molecule has 1 aliphatic heterocycles. The van der Waals surface area contributed by atoms with Crippen LogP contribution in [0.4, 0.5) is 4.39 Å². The molecule has 3 rings (SSSR count). The Hall–Kier alpha value is -2.21. The normalized spacial score (nSPS) is 20.7. The summed E-state index contributed by atoms with van der Waals surface area (Å²) in [5, 5.41) is 10.4. The van der Waals surface area contributed by atoms with Crippen LogP contribution in [-0.4, -0.2) is 28.8 Å². The molecule has 2 N–H and O–H groups in total. The highest BCUT2D eigenvalue weighted by atomic mass is 19.1. The lowest BCUT2D eigenvalue weighted by atomic mass is 9.90. The third-order valence-corrected chi connectivity index (χ3v) is 4.41. The first-order valence-electron chi connectivity index (χ1n) is 7.76. The Kier molecular flexibility index (Phi) is 4.43. The number of amides is 1. The van der Waals surface area contributed by atoms with Crippen molar-refractivity contribution < 1.29 is 9.18 Å². The Bertz CT molecular complexity index is 712. The SMILES string of the molecule is Cc1ccc(CNC(=O)[C@H]2CNC[C@@H]2c2cnn(C)c2)cc1F. The molecule has 6 heteroatoms. The molecule has 2 aromatic rings. The van der Waals surface area contributed by atoms with Gasteiger partial charge in [-0.05, 0) is 29.7 Å². The maximum Gasteiger partial charge on any atom is 0.225 e. The fraction of sp³-hybridized carbons (Fsp3) is 0.412. The number of hydrogen-bond acceptors (Lipinski definition) is 3. The molecule has 0 unspecified atom stereocenters. The summed E-state index contributed by atoms with van der Waals surface area (Å²) in [6, 6.07) is 5.04. The minimum atomic E-state index is -0.243. The zero-order chi connectivity index (χ0) is 16.4. The third-order valence-electron chi connectivity index (χ3n) is 4.41. The number of rotatable bonds is 4. The number of nitrogens with one attached hydrogen (secondary N) is 2. The van der Waals surface area contributed by atoms with E-state index in [1.165, 1.54) is 6.07 Å². The second kappa shape index (κ2) is 6.50. The molecule has 122 valence electrons. The van der Waals surface area contributed by atoms with Gasteiger partial charge in [0, 0.05) is 38.8 Å². The van der Waals surface area contributed by atoms with E-state index in [9.17, 15) is 9.18 Å². The molecule has 1 aromatic heterocycles. The number of aryl methyl sites for hydroxylation is 2. The predicted octanol–water partition coefficient (Wildman–Crippen LogP) is 1.49. The van der Waals surface area contributed by atoms with Gasteiger partial charge in [-0.1, -0.05) is 12.1 Å². The van der Waals surface area contributed by atoms with E-state index in [0.29, 0.717) is 18.7 Å². The molecular formula is C17H21FN4O. The second-order valence-electron chi connectivity index (χ2n) is 6.12. The lowest BCUT2D eigenvalue weighted by Gasteiger charge is -2.17. The summed E-state index contributed by atoms with van der Waals surface area (Å²) in [5.41, 5.74) is 2.45. The fourth-order valence-corrected chi connectivity index (χ4v) is 3.00. The van der Waals surface area contributed by atoms with Crippen molar-refractivity contribution in [1.29, 1.82) is 0 Å². The van der Waals surface area contributed by atoms with Gasteiger partial charge in [-0.15, -0.1) is 0 Å². The molecule has 0 radical (unpaired) electrons. The van der Waals surface area contributed by atoms with Gasteiger partial charge in [-0.2, -0.15) is 5.10 Å². The summed E-state index contributed by atoms with van der Waals surface area (Å²) in [6.45, 7) is 3.48. The van der Waals surface area contributed by atoms with Crippen LogP contribution in [0, 0.1) is 18.7 Å². The maximum atomic E-state index is 13.6. The third kappa shape index (κ3) is 3.42. The molecule has 0 saturated carbocycles. The van der Waals surface area contributed by atoms with Gasteiger partial charge >= 0.3 is 0 Å². The summed E-state index contributed by atoms with van der Waals surface area (Å²) in [5.74, 6) is -0.259. The van der Waals surface area contributed by atoms with E-state index in [1.54, 1.807) is 17.7 Å². The van der Waals surface area contributed by atoms with E-state index in [1.807, 2.05) is 25.5 Å². The summed E-state index contributed by atoms with van der Waals surface area (Å²) >= 11 is 0. The van der Waals surface area contributed by atoms with Crippen molar-refractivity contribution in [2.24, 2.45) is 13.0 Å². The van der Waals surface area contributed by atoms with Gasteiger partial charge in [0.15, 0.2) is 0 Å². The molecule has 0 bridgehead atoms. The summed E-state index contributed by atoms with van der Waals surface area (Å²) in [7, 11) is 1.87. The quantitative estimate of drug-likeness (QED) is 0.898. The molecule has 23 heavy (non-hydrogen) atoms. The molecule has 1 aliphatic rings. The van der Waals surface area contributed by atoms with Crippen LogP contribution in [-0.2, 0) is 18.4 Å². The Morgan fingerprint density at radius 2 is 2.30 bits per heavy atom. The standard InChI is InChI=1S/C17H21FN4O/c1-11-3-4-12(5-16(11)18)6-20-17(23)15-9-19-8-14(15)13-7-21-22(2)10-13/h3-5,7,10,14-15,19H,6,8-9H2,1-2H3,(H,20,23)/t14-,15+/m1/s1. The highest BCUT2D eigenvalue weighted by Crippen LogP contribution is 2.27. The number of benzene rings is 1.